The van der Waals surface area contributed by atoms with Gasteiger partial charge in [-0.3, -0.25) is 4.79 Å². The van der Waals surface area contributed by atoms with E-state index in [0.29, 0.717) is 5.75 Å². The van der Waals surface area contributed by atoms with E-state index in [1.54, 1.807) is 14.2 Å². The number of benzene rings is 2. The van der Waals surface area contributed by atoms with E-state index in [4.69, 9.17) is 9.47 Å². The minimum atomic E-state index is 0.0292. The van der Waals surface area contributed by atoms with E-state index in [-0.39, 0.29) is 14.1 Å². The van der Waals surface area contributed by atoms with E-state index in [1.807, 2.05) is 39.0 Å². The first-order valence-electron chi connectivity index (χ1n) is 7.07. The zero-order valence-corrected chi connectivity index (χ0v) is 14.6. The van der Waals surface area contributed by atoms with Gasteiger partial charge in [-0.1, -0.05) is 17.7 Å². The molecule has 3 nitrogen and oxygen atoms in total. The number of carbonyl (C=O) groups excluding carboxylic acids is 1. The molecular weight excluding hydrogens is 295 g/mol. The predicted molar refractivity (Wildman–Crippen MR) is 92.5 cm³/mol. The fourth-order valence-electron chi connectivity index (χ4n) is 2.62. The van der Waals surface area contributed by atoms with E-state index >= 15 is 0 Å². The van der Waals surface area contributed by atoms with Gasteiger partial charge in [-0.25, -0.2) is 0 Å². The van der Waals surface area contributed by atoms with Crippen molar-refractivity contribution in [3.05, 3.63) is 52.6 Å². The number of hydrogen-bond acceptors (Lipinski definition) is 3. The number of rotatable bonds is 5. The lowest BCUT2D eigenvalue weighted by molar-refractivity contribution is 0.108. The molecule has 0 aliphatic heterocycles. The van der Waals surface area contributed by atoms with Crippen LogP contribution in [0.25, 0.3) is 0 Å². The lowest BCUT2D eigenvalue weighted by Crippen LogP contribution is -2.08. The van der Waals surface area contributed by atoms with Crippen molar-refractivity contribution in [3.63, 3.8) is 0 Å². The van der Waals surface area contributed by atoms with E-state index in [9.17, 15) is 4.79 Å². The van der Waals surface area contributed by atoms with Crippen LogP contribution in [0, 0.1) is 20.8 Å². The largest absolute Gasteiger partial charge is 0.497 e. The molecule has 0 radical (unpaired) electrons. The maximum atomic E-state index is 12.7. The van der Waals surface area contributed by atoms with Crippen LogP contribution in [0.15, 0.2) is 30.3 Å². The Labute approximate surface area is 133 Å². The molecule has 1 unspecified atom stereocenters. The van der Waals surface area contributed by atoms with Crippen LogP contribution in [-0.4, -0.2) is 19.7 Å². The molecule has 0 aromatic heterocycles. The van der Waals surface area contributed by atoms with Crippen molar-refractivity contribution >= 4 is 19.4 Å². The smallest absolute Gasteiger partial charge is 0.186 e. The topological polar surface area (TPSA) is 35.5 Å². The molecule has 0 bridgehead atoms. The molecule has 0 spiro atoms. The number of carbonyl (C=O) groups is 1. The molecule has 116 valence electrons. The Morgan fingerprint density at radius 1 is 0.955 bits per heavy atom. The first-order chi connectivity index (χ1) is 10.5. The van der Waals surface area contributed by atoms with Crippen LogP contribution in [0.3, 0.4) is 0 Å². The first-order valence-corrected chi connectivity index (χ1v) is 8.07. The second-order valence-electron chi connectivity index (χ2n) is 5.29. The summed E-state index contributed by atoms with van der Waals surface area (Å²) >= 11 is 0. The second-order valence-corrected chi connectivity index (χ2v) is 6.54. The molecule has 0 saturated heterocycles. The number of methoxy groups -OCH3 is 2. The molecule has 0 heterocycles. The fraction of sp³-hybridized carbons (Fsp3) is 0.278. The van der Waals surface area contributed by atoms with Crippen molar-refractivity contribution in [1.29, 1.82) is 0 Å². The van der Waals surface area contributed by atoms with Gasteiger partial charge in [-0.05, 0) is 52.6 Å². The standard InChI is InChI=1S/C18H21O3P/c1-11-8-12(2)17(13(3)9-11)18(19)22-16-7-6-14(20-4)10-15(16)21-5/h6-10,22H,1-5H3. The summed E-state index contributed by atoms with van der Waals surface area (Å²) in [5.74, 6) is 1.41. The highest BCUT2D eigenvalue weighted by molar-refractivity contribution is 7.66. The van der Waals surface area contributed by atoms with Crippen LogP contribution >= 0.6 is 8.58 Å². The zero-order chi connectivity index (χ0) is 16.3. The summed E-state index contributed by atoms with van der Waals surface area (Å²) in [7, 11) is 3.25. The van der Waals surface area contributed by atoms with Gasteiger partial charge >= 0.3 is 0 Å². The third-order valence-corrected chi connectivity index (χ3v) is 4.72. The van der Waals surface area contributed by atoms with Gasteiger partial charge in [0.15, 0.2) is 5.52 Å². The minimum Gasteiger partial charge on any atom is -0.497 e. The Hall–Kier alpha value is -1.86. The summed E-state index contributed by atoms with van der Waals surface area (Å²) in [5.41, 5.74) is 4.20. The molecule has 0 saturated carbocycles. The molecule has 4 heteroatoms. The zero-order valence-electron chi connectivity index (χ0n) is 13.6. The highest BCUT2D eigenvalue weighted by Gasteiger charge is 2.16. The minimum absolute atomic E-state index is 0.0292. The number of aryl methyl sites for hydroxylation is 3. The average Bonchev–Trinajstić information content (AvgIpc) is 2.46. The van der Waals surface area contributed by atoms with Crippen molar-refractivity contribution in [3.8, 4) is 11.5 Å². The molecule has 2 rings (SSSR count). The van der Waals surface area contributed by atoms with Crippen LogP contribution < -0.4 is 14.8 Å². The molecule has 1 atom stereocenters. The molecule has 2 aromatic rings. The van der Waals surface area contributed by atoms with Crippen LogP contribution in [-0.2, 0) is 0 Å². The fourth-order valence-corrected chi connectivity index (χ4v) is 3.85. The summed E-state index contributed by atoms with van der Waals surface area (Å²) in [6.07, 6.45) is 0. The first kappa shape index (κ1) is 16.5. The van der Waals surface area contributed by atoms with E-state index in [2.05, 4.69) is 12.1 Å². The Bertz CT molecular complexity index is 684. The third kappa shape index (κ3) is 3.48. The Balaban J connectivity index is 2.34. The molecule has 0 fully saturated rings. The summed E-state index contributed by atoms with van der Waals surface area (Å²) in [6, 6.07) is 9.66. The van der Waals surface area contributed by atoms with Crippen molar-refractivity contribution in [2.24, 2.45) is 0 Å². The van der Waals surface area contributed by atoms with Crippen molar-refractivity contribution in [1.82, 2.24) is 0 Å². The molecule has 0 amide bonds. The van der Waals surface area contributed by atoms with E-state index in [1.165, 1.54) is 5.56 Å². The Morgan fingerprint density at radius 3 is 2.14 bits per heavy atom. The third-order valence-electron chi connectivity index (χ3n) is 3.56. The van der Waals surface area contributed by atoms with Crippen LogP contribution in [0.2, 0.25) is 0 Å². The van der Waals surface area contributed by atoms with Crippen molar-refractivity contribution < 1.29 is 14.3 Å². The van der Waals surface area contributed by atoms with Gasteiger partial charge in [-0.15, -0.1) is 0 Å². The van der Waals surface area contributed by atoms with Gasteiger partial charge in [-0.2, -0.15) is 0 Å². The van der Waals surface area contributed by atoms with Gasteiger partial charge in [0.25, 0.3) is 0 Å². The van der Waals surface area contributed by atoms with Gasteiger partial charge < -0.3 is 9.47 Å². The monoisotopic (exact) mass is 316 g/mol. The van der Waals surface area contributed by atoms with Crippen molar-refractivity contribution in [2.75, 3.05) is 14.2 Å². The van der Waals surface area contributed by atoms with Gasteiger partial charge in [0.1, 0.15) is 11.5 Å². The predicted octanol–water partition coefficient (Wildman–Crippen LogP) is 3.77. The lowest BCUT2D eigenvalue weighted by atomic mass is 10.0. The van der Waals surface area contributed by atoms with Gasteiger partial charge in [0.05, 0.1) is 14.2 Å². The number of ether oxygens (including phenoxy) is 2. The van der Waals surface area contributed by atoms with E-state index < -0.39 is 0 Å². The molecule has 0 aliphatic rings. The molecule has 0 N–H and O–H groups in total. The van der Waals surface area contributed by atoms with Crippen LogP contribution in [0.1, 0.15) is 27.0 Å². The quantitative estimate of drug-likeness (QED) is 0.788. The molecule has 0 aliphatic carbocycles. The maximum Gasteiger partial charge on any atom is 0.186 e. The normalized spacial score (nSPS) is 11.0. The molecule has 2 aromatic carbocycles. The maximum absolute atomic E-state index is 12.7. The Kier molecular flexibility index (Phi) is 5.20. The molecule has 22 heavy (non-hydrogen) atoms. The lowest BCUT2D eigenvalue weighted by Gasteiger charge is -2.13. The van der Waals surface area contributed by atoms with Crippen LogP contribution in [0.4, 0.5) is 0 Å². The second kappa shape index (κ2) is 6.93. The number of hydrogen-bond donors (Lipinski definition) is 0. The van der Waals surface area contributed by atoms with Crippen molar-refractivity contribution in [2.45, 2.75) is 20.8 Å². The molecular formula is C18H21O3P. The summed E-state index contributed by atoms with van der Waals surface area (Å²) < 4.78 is 10.6. The summed E-state index contributed by atoms with van der Waals surface area (Å²) in [5, 5.41) is 0.896. The SMILES string of the molecule is COc1ccc(PC(=O)c2c(C)cc(C)cc2C)c(OC)c1. The van der Waals surface area contributed by atoms with Gasteiger partial charge in [0.2, 0.25) is 0 Å². The summed E-state index contributed by atoms with van der Waals surface area (Å²) in [6.45, 7) is 6.02. The van der Waals surface area contributed by atoms with Crippen LogP contribution in [0.5, 0.6) is 11.5 Å². The highest BCUT2D eigenvalue weighted by atomic mass is 31.1. The van der Waals surface area contributed by atoms with E-state index in [0.717, 1.165) is 27.7 Å². The average molecular weight is 316 g/mol. The van der Waals surface area contributed by atoms with Gasteiger partial charge in [0, 0.05) is 16.9 Å². The summed E-state index contributed by atoms with van der Waals surface area (Å²) in [4.78, 5) is 12.7. The Morgan fingerprint density at radius 2 is 1.59 bits per heavy atom. The highest BCUT2D eigenvalue weighted by Crippen LogP contribution is 2.29.